The Labute approximate surface area is 323 Å². The molecule has 1 fully saturated rings. The normalized spacial score (nSPS) is 17.8. The van der Waals surface area contributed by atoms with Gasteiger partial charge in [0.05, 0.1) is 25.2 Å². The number of amides is 2. The van der Waals surface area contributed by atoms with E-state index in [2.05, 4.69) is 33.6 Å². The quantitative estimate of drug-likeness (QED) is 0.0648. The van der Waals surface area contributed by atoms with E-state index < -0.39 is 0 Å². The molecular formula is C46H86N4O2. The smallest absolute Gasteiger partial charge is 0.223 e. The van der Waals surface area contributed by atoms with Gasteiger partial charge in [0.1, 0.15) is 0 Å². The van der Waals surface area contributed by atoms with Gasteiger partial charge in [0, 0.05) is 51.2 Å². The third-order valence-corrected chi connectivity index (χ3v) is 11.6. The second-order valence-electron chi connectivity index (χ2n) is 16.5. The Bertz CT molecular complexity index is 879. The largest absolute Gasteiger partial charge is 0.339 e. The van der Waals surface area contributed by atoms with Crippen LogP contribution in [0.4, 0.5) is 0 Å². The van der Waals surface area contributed by atoms with E-state index in [0.29, 0.717) is 39.0 Å². The summed E-state index contributed by atoms with van der Waals surface area (Å²) in [5.41, 5.74) is 0. The predicted molar refractivity (Wildman–Crippen MR) is 226 cm³/mol. The maximum Gasteiger partial charge on any atom is 0.223 e. The first kappa shape index (κ1) is 46.4. The van der Waals surface area contributed by atoms with Gasteiger partial charge >= 0.3 is 0 Å². The summed E-state index contributed by atoms with van der Waals surface area (Å²) >= 11 is 0. The van der Waals surface area contributed by atoms with E-state index in [-0.39, 0.29) is 23.9 Å². The Kier molecular flexibility index (Phi) is 30.2. The van der Waals surface area contributed by atoms with Crippen molar-refractivity contribution in [3.63, 3.8) is 0 Å². The average Bonchev–Trinajstić information content (AvgIpc) is 3.17. The first-order valence-corrected chi connectivity index (χ1v) is 23.2. The molecule has 302 valence electrons. The molecule has 1 saturated heterocycles. The molecule has 2 rings (SSSR count). The second-order valence-corrected chi connectivity index (χ2v) is 16.5. The highest BCUT2D eigenvalue weighted by atomic mass is 16.2. The van der Waals surface area contributed by atoms with Gasteiger partial charge in [-0.1, -0.05) is 194 Å². The van der Waals surface area contributed by atoms with Crippen molar-refractivity contribution in [3.05, 3.63) is 0 Å². The zero-order valence-electron chi connectivity index (χ0n) is 34.8. The van der Waals surface area contributed by atoms with Gasteiger partial charge in [0.2, 0.25) is 11.8 Å². The molecular weight excluding hydrogens is 641 g/mol. The monoisotopic (exact) mass is 727 g/mol. The third kappa shape index (κ3) is 23.8. The maximum absolute atomic E-state index is 13.7. The zero-order valence-corrected chi connectivity index (χ0v) is 34.8. The van der Waals surface area contributed by atoms with Crippen LogP contribution < -0.4 is 0 Å². The summed E-state index contributed by atoms with van der Waals surface area (Å²) < 4.78 is 0. The lowest BCUT2D eigenvalue weighted by atomic mass is 9.98. The van der Waals surface area contributed by atoms with Gasteiger partial charge in [-0.3, -0.25) is 19.6 Å². The number of carbonyl (C=O) groups is 2. The molecule has 0 saturated carbocycles. The number of piperazine rings is 1. The first-order chi connectivity index (χ1) is 25.7. The Morgan fingerprint density at radius 2 is 0.731 bits per heavy atom. The minimum Gasteiger partial charge on any atom is -0.339 e. The SMILES string of the molecule is CCCCCCCCCCCCCCCCCC(=O)N1CC2CC=NCCN=CCC(C1)N2C(=O)CCCCCCCCCCCCCCCCC. The number of hydrogen-bond acceptors (Lipinski definition) is 4. The molecule has 2 heterocycles. The van der Waals surface area contributed by atoms with Gasteiger partial charge in [-0.15, -0.1) is 0 Å². The summed E-state index contributed by atoms with van der Waals surface area (Å²) in [5, 5.41) is 0. The fourth-order valence-corrected chi connectivity index (χ4v) is 8.32. The van der Waals surface area contributed by atoms with E-state index in [0.717, 1.165) is 38.5 Å². The van der Waals surface area contributed by atoms with Crippen LogP contribution in [0, 0.1) is 0 Å². The molecule has 0 N–H and O–H groups in total. The molecule has 0 aromatic carbocycles. The van der Waals surface area contributed by atoms with E-state index in [1.165, 1.54) is 167 Å². The van der Waals surface area contributed by atoms with Crippen molar-refractivity contribution in [3.8, 4) is 0 Å². The van der Waals surface area contributed by atoms with Gasteiger partial charge in [-0.25, -0.2) is 0 Å². The number of fused-ring (bicyclic) bond motifs is 2. The highest BCUT2D eigenvalue weighted by Gasteiger charge is 2.37. The Morgan fingerprint density at radius 3 is 1.06 bits per heavy atom. The molecule has 2 aliphatic rings. The van der Waals surface area contributed by atoms with Crippen molar-refractivity contribution in [1.29, 1.82) is 0 Å². The van der Waals surface area contributed by atoms with Crippen LogP contribution in [0.5, 0.6) is 0 Å². The van der Waals surface area contributed by atoms with Crippen LogP contribution in [-0.4, -0.2) is 72.3 Å². The summed E-state index contributed by atoms with van der Waals surface area (Å²) in [6.07, 6.45) is 46.7. The molecule has 0 aromatic heterocycles. The zero-order chi connectivity index (χ0) is 37.2. The number of hydrogen-bond donors (Lipinski definition) is 0. The lowest BCUT2D eigenvalue weighted by Crippen LogP contribution is -2.61. The van der Waals surface area contributed by atoms with Crippen molar-refractivity contribution in [2.24, 2.45) is 9.98 Å². The summed E-state index contributed by atoms with van der Waals surface area (Å²) in [7, 11) is 0. The molecule has 0 aliphatic carbocycles. The van der Waals surface area contributed by atoms with E-state index in [1.54, 1.807) is 0 Å². The van der Waals surface area contributed by atoms with Gasteiger partial charge in [0.25, 0.3) is 0 Å². The second kappa shape index (κ2) is 33.8. The van der Waals surface area contributed by atoms with E-state index in [4.69, 9.17) is 0 Å². The maximum atomic E-state index is 13.7. The number of aliphatic imine (C=N–C) groups is 2. The highest BCUT2D eigenvalue weighted by molar-refractivity contribution is 5.80. The number of unbranched alkanes of at least 4 members (excludes halogenated alkanes) is 28. The van der Waals surface area contributed by atoms with Crippen LogP contribution in [0.15, 0.2) is 9.98 Å². The first-order valence-electron chi connectivity index (χ1n) is 23.2. The molecule has 2 atom stereocenters. The standard InChI is InChI=1S/C46H86N4O2/c1-3-5-7-9-11-13-15-17-19-21-23-25-27-29-31-33-45(51)49-41-43-35-37-47-39-40-48-38-36-44(42-49)50(43)46(52)34-32-30-28-26-24-22-20-18-16-14-12-10-8-6-4-2/h37-38,43-44H,3-36,39-42H2,1-2H3. The summed E-state index contributed by atoms with van der Waals surface area (Å²) in [4.78, 5) is 40.5. The topological polar surface area (TPSA) is 65.3 Å². The number of nitrogens with zero attached hydrogens (tertiary/aromatic N) is 4. The van der Waals surface area contributed by atoms with Gasteiger partial charge < -0.3 is 9.80 Å². The summed E-state index contributed by atoms with van der Waals surface area (Å²) in [5.74, 6) is 0.531. The summed E-state index contributed by atoms with van der Waals surface area (Å²) in [6, 6.07) is 0.0331. The fourth-order valence-electron chi connectivity index (χ4n) is 8.32. The van der Waals surface area contributed by atoms with Crippen LogP contribution >= 0.6 is 0 Å². The van der Waals surface area contributed by atoms with Crippen molar-refractivity contribution >= 4 is 24.2 Å². The van der Waals surface area contributed by atoms with E-state index in [9.17, 15) is 9.59 Å². The molecule has 52 heavy (non-hydrogen) atoms. The Morgan fingerprint density at radius 1 is 0.442 bits per heavy atom. The van der Waals surface area contributed by atoms with E-state index >= 15 is 0 Å². The minimum atomic E-state index is 0.0165. The van der Waals surface area contributed by atoms with Crippen LogP contribution in [0.3, 0.4) is 0 Å². The lowest BCUT2D eigenvalue weighted by molar-refractivity contribution is -0.147. The Balaban J connectivity index is 1.62. The van der Waals surface area contributed by atoms with Crippen molar-refractivity contribution in [2.45, 2.75) is 244 Å². The molecule has 6 heteroatoms. The minimum absolute atomic E-state index is 0.0165. The van der Waals surface area contributed by atoms with Gasteiger partial charge in [0.15, 0.2) is 0 Å². The van der Waals surface area contributed by atoms with Gasteiger partial charge in [-0.2, -0.15) is 0 Å². The van der Waals surface area contributed by atoms with Crippen LogP contribution in [-0.2, 0) is 9.59 Å². The molecule has 2 bridgehead atoms. The molecule has 2 unspecified atom stereocenters. The number of rotatable bonds is 32. The molecule has 2 amide bonds. The molecule has 0 aromatic rings. The fraction of sp³-hybridized carbons (Fsp3) is 0.913. The Hall–Kier alpha value is -1.72. The average molecular weight is 727 g/mol. The van der Waals surface area contributed by atoms with Crippen LogP contribution in [0.25, 0.3) is 0 Å². The summed E-state index contributed by atoms with van der Waals surface area (Å²) in [6.45, 7) is 7.25. The van der Waals surface area contributed by atoms with Crippen molar-refractivity contribution in [1.82, 2.24) is 9.80 Å². The third-order valence-electron chi connectivity index (χ3n) is 11.6. The van der Waals surface area contributed by atoms with Gasteiger partial charge in [-0.05, 0) is 12.8 Å². The molecule has 2 aliphatic heterocycles. The van der Waals surface area contributed by atoms with Crippen LogP contribution in [0.1, 0.15) is 232 Å². The molecule has 0 radical (unpaired) electrons. The van der Waals surface area contributed by atoms with Crippen molar-refractivity contribution in [2.75, 3.05) is 26.2 Å². The highest BCUT2D eigenvalue weighted by Crippen LogP contribution is 2.24. The lowest BCUT2D eigenvalue weighted by Gasteiger charge is -2.46. The van der Waals surface area contributed by atoms with E-state index in [1.807, 2.05) is 12.4 Å². The predicted octanol–water partition coefficient (Wildman–Crippen LogP) is 12.9. The van der Waals surface area contributed by atoms with Crippen molar-refractivity contribution < 1.29 is 9.59 Å². The molecule has 6 nitrogen and oxygen atoms in total. The molecule has 0 spiro atoms. The number of carbonyl (C=O) groups excluding carboxylic acids is 2. The van der Waals surface area contributed by atoms with Crippen LogP contribution in [0.2, 0.25) is 0 Å².